The lowest BCUT2D eigenvalue weighted by Gasteiger charge is -2.10. The van der Waals surface area contributed by atoms with Gasteiger partial charge in [-0.2, -0.15) is 11.8 Å². The van der Waals surface area contributed by atoms with E-state index in [-0.39, 0.29) is 6.10 Å². The molecular weight excluding hydrogens is 216 g/mol. The van der Waals surface area contributed by atoms with Crippen LogP contribution in [0.15, 0.2) is 24.3 Å². The average Bonchev–Trinajstić information content (AvgIpc) is 2.30. The number of aliphatic hydroxyl groups is 1. The van der Waals surface area contributed by atoms with Gasteiger partial charge in [-0.3, -0.25) is 0 Å². The molecule has 1 rings (SSSR count). The summed E-state index contributed by atoms with van der Waals surface area (Å²) >= 11 is 1.84. The summed E-state index contributed by atoms with van der Waals surface area (Å²) in [5.41, 5.74) is 2.61. The number of aryl methyl sites for hydroxylation is 1. The number of hydrogen-bond donors (Lipinski definition) is 1. The summed E-state index contributed by atoms with van der Waals surface area (Å²) in [7, 11) is 0. The Balaban J connectivity index is 2.34. The second kappa shape index (κ2) is 7.75. The van der Waals surface area contributed by atoms with Gasteiger partial charge in [-0.05, 0) is 48.8 Å². The van der Waals surface area contributed by atoms with Crippen molar-refractivity contribution in [2.45, 2.75) is 38.7 Å². The van der Waals surface area contributed by atoms with Gasteiger partial charge in [0, 0.05) is 0 Å². The molecule has 0 aliphatic rings. The summed E-state index contributed by atoms with van der Waals surface area (Å²) in [6, 6.07) is 8.58. The number of thioether (sulfide) groups is 1. The first kappa shape index (κ1) is 13.6. The van der Waals surface area contributed by atoms with E-state index in [0.29, 0.717) is 0 Å². The summed E-state index contributed by atoms with van der Waals surface area (Å²) in [6.07, 6.45) is 5.82. The van der Waals surface area contributed by atoms with Crippen molar-refractivity contribution in [1.29, 1.82) is 0 Å². The normalized spacial score (nSPS) is 12.7. The molecule has 1 N–H and O–H groups in total. The highest BCUT2D eigenvalue weighted by atomic mass is 32.2. The number of hydrogen-bond acceptors (Lipinski definition) is 2. The smallest absolute Gasteiger partial charge is 0.0580 e. The monoisotopic (exact) mass is 238 g/mol. The maximum absolute atomic E-state index is 9.85. The van der Waals surface area contributed by atoms with Crippen molar-refractivity contribution in [2.75, 3.05) is 12.0 Å². The minimum absolute atomic E-state index is 0.181. The van der Waals surface area contributed by atoms with Gasteiger partial charge < -0.3 is 5.11 Å². The first-order valence-corrected chi connectivity index (χ1v) is 7.40. The van der Waals surface area contributed by atoms with Gasteiger partial charge in [0.2, 0.25) is 0 Å². The minimum atomic E-state index is -0.181. The summed E-state index contributed by atoms with van der Waals surface area (Å²) in [4.78, 5) is 0. The number of rotatable bonds is 7. The third kappa shape index (κ3) is 5.04. The quantitative estimate of drug-likeness (QED) is 0.736. The van der Waals surface area contributed by atoms with Crippen LogP contribution in [0.1, 0.15) is 30.9 Å². The molecule has 1 nitrogen and oxygen atoms in total. The van der Waals surface area contributed by atoms with Crippen molar-refractivity contribution < 1.29 is 5.11 Å². The van der Waals surface area contributed by atoms with E-state index in [0.717, 1.165) is 31.4 Å². The van der Waals surface area contributed by atoms with Crippen LogP contribution in [0.4, 0.5) is 0 Å². The largest absolute Gasteiger partial charge is 0.393 e. The highest BCUT2D eigenvalue weighted by Crippen LogP contribution is 2.11. The van der Waals surface area contributed by atoms with Gasteiger partial charge in [0.05, 0.1) is 6.10 Å². The Morgan fingerprint density at radius 3 is 2.38 bits per heavy atom. The molecule has 0 bridgehead atoms. The van der Waals surface area contributed by atoms with Crippen molar-refractivity contribution in [3.05, 3.63) is 35.4 Å². The van der Waals surface area contributed by atoms with Gasteiger partial charge in [0.15, 0.2) is 0 Å². The zero-order valence-corrected chi connectivity index (χ0v) is 11.1. The van der Waals surface area contributed by atoms with E-state index < -0.39 is 0 Å². The zero-order valence-electron chi connectivity index (χ0n) is 10.3. The van der Waals surface area contributed by atoms with Crippen LogP contribution >= 0.6 is 11.8 Å². The molecule has 0 radical (unpaired) electrons. The van der Waals surface area contributed by atoms with Gasteiger partial charge in [0.25, 0.3) is 0 Å². The number of benzene rings is 1. The van der Waals surface area contributed by atoms with Crippen molar-refractivity contribution in [3.63, 3.8) is 0 Å². The van der Waals surface area contributed by atoms with Crippen molar-refractivity contribution in [3.8, 4) is 0 Å². The Hall–Kier alpha value is -0.470. The van der Waals surface area contributed by atoms with Crippen LogP contribution in [0.2, 0.25) is 0 Å². The second-order valence-electron chi connectivity index (χ2n) is 4.16. The molecule has 16 heavy (non-hydrogen) atoms. The van der Waals surface area contributed by atoms with E-state index in [1.54, 1.807) is 0 Å². The molecule has 1 unspecified atom stereocenters. The summed E-state index contributed by atoms with van der Waals surface area (Å²) in [5, 5.41) is 9.85. The number of aliphatic hydroxyl groups excluding tert-OH is 1. The Morgan fingerprint density at radius 2 is 1.81 bits per heavy atom. The van der Waals surface area contributed by atoms with Crippen LogP contribution in [-0.2, 0) is 12.8 Å². The molecule has 1 atom stereocenters. The van der Waals surface area contributed by atoms with Gasteiger partial charge in [-0.15, -0.1) is 0 Å². The van der Waals surface area contributed by atoms with Gasteiger partial charge in [-0.25, -0.2) is 0 Å². The molecule has 0 saturated heterocycles. The van der Waals surface area contributed by atoms with E-state index in [4.69, 9.17) is 0 Å². The summed E-state index contributed by atoms with van der Waals surface area (Å²) in [5.74, 6) is 1.14. The highest BCUT2D eigenvalue weighted by Gasteiger charge is 2.05. The Morgan fingerprint density at radius 1 is 1.19 bits per heavy atom. The first-order valence-electron chi connectivity index (χ1n) is 6.01. The fourth-order valence-corrected chi connectivity index (χ4v) is 2.20. The average molecular weight is 238 g/mol. The van der Waals surface area contributed by atoms with Crippen LogP contribution in [0, 0.1) is 0 Å². The molecule has 1 aromatic carbocycles. The Kier molecular flexibility index (Phi) is 6.58. The fraction of sp³-hybridized carbons (Fsp3) is 0.571. The molecule has 0 aliphatic heterocycles. The molecule has 0 amide bonds. The summed E-state index contributed by atoms with van der Waals surface area (Å²) in [6.45, 7) is 2.16. The zero-order chi connectivity index (χ0) is 11.8. The fourth-order valence-electron chi connectivity index (χ4n) is 1.75. The van der Waals surface area contributed by atoms with Gasteiger partial charge >= 0.3 is 0 Å². The van der Waals surface area contributed by atoms with Gasteiger partial charge in [-0.1, -0.05) is 31.2 Å². The van der Waals surface area contributed by atoms with Crippen molar-refractivity contribution in [2.24, 2.45) is 0 Å². The van der Waals surface area contributed by atoms with E-state index in [9.17, 15) is 5.11 Å². The maximum Gasteiger partial charge on any atom is 0.0580 e. The molecule has 0 saturated carbocycles. The molecule has 0 aliphatic carbocycles. The third-order valence-electron chi connectivity index (χ3n) is 2.79. The lowest BCUT2D eigenvalue weighted by atomic mass is 10.0. The second-order valence-corrected chi connectivity index (χ2v) is 5.15. The Bertz CT molecular complexity index is 281. The molecule has 90 valence electrons. The lowest BCUT2D eigenvalue weighted by Crippen LogP contribution is -2.10. The lowest BCUT2D eigenvalue weighted by molar-refractivity contribution is 0.164. The van der Waals surface area contributed by atoms with Crippen molar-refractivity contribution >= 4 is 11.8 Å². The van der Waals surface area contributed by atoms with E-state index in [2.05, 4.69) is 37.4 Å². The first-order chi connectivity index (χ1) is 7.76. The van der Waals surface area contributed by atoms with E-state index in [1.807, 2.05) is 11.8 Å². The van der Waals surface area contributed by atoms with Crippen LogP contribution in [-0.4, -0.2) is 23.2 Å². The molecule has 2 heteroatoms. The highest BCUT2D eigenvalue weighted by molar-refractivity contribution is 7.98. The van der Waals surface area contributed by atoms with E-state index >= 15 is 0 Å². The van der Waals surface area contributed by atoms with Crippen LogP contribution in [0.5, 0.6) is 0 Å². The van der Waals surface area contributed by atoms with Crippen molar-refractivity contribution in [1.82, 2.24) is 0 Å². The molecule has 0 fully saturated rings. The summed E-state index contributed by atoms with van der Waals surface area (Å²) < 4.78 is 0. The predicted molar refractivity (Wildman–Crippen MR) is 73.1 cm³/mol. The van der Waals surface area contributed by atoms with E-state index in [1.165, 1.54) is 11.1 Å². The molecular formula is C14H22OS. The molecule has 0 heterocycles. The third-order valence-corrected chi connectivity index (χ3v) is 3.49. The standard InChI is InChI=1S/C14H22OS/c1-3-12-6-8-13(9-7-12)11-14(15)5-4-10-16-2/h6-9,14-15H,3-5,10-11H2,1-2H3. The van der Waals surface area contributed by atoms with Crippen LogP contribution < -0.4 is 0 Å². The molecule has 0 aromatic heterocycles. The maximum atomic E-state index is 9.85. The minimum Gasteiger partial charge on any atom is -0.393 e. The Labute approximate surface area is 103 Å². The topological polar surface area (TPSA) is 20.2 Å². The molecule has 0 spiro atoms. The molecule has 1 aromatic rings. The van der Waals surface area contributed by atoms with Gasteiger partial charge in [0.1, 0.15) is 0 Å². The van der Waals surface area contributed by atoms with Crippen LogP contribution in [0.25, 0.3) is 0 Å². The SMILES string of the molecule is CCc1ccc(CC(O)CCCSC)cc1. The predicted octanol–water partition coefficient (Wildman–Crippen LogP) is 3.30. The van der Waals surface area contributed by atoms with Crippen LogP contribution in [0.3, 0.4) is 0 Å².